The molecule has 0 bridgehead atoms. The summed E-state index contributed by atoms with van der Waals surface area (Å²) in [5.74, 6) is 1.70. The van der Waals surface area contributed by atoms with E-state index in [1.165, 1.54) is 26.2 Å². The van der Waals surface area contributed by atoms with E-state index < -0.39 is 0 Å². The molecule has 74 valence electrons. The first kappa shape index (κ1) is 9.78. The standard InChI is InChI=1S/C9H14Cl2N2/c10-9(11)1-2-13-5-7-3-12-4-8(7)6-13/h1,7-8,12H,2-6H2. The van der Waals surface area contributed by atoms with Crippen molar-refractivity contribution in [2.24, 2.45) is 11.8 Å². The molecule has 2 saturated heterocycles. The van der Waals surface area contributed by atoms with Crippen LogP contribution in [0.5, 0.6) is 0 Å². The predicted molar refractivity (Wildman–Crippen MR) is 56.1 cm³/mol. The Balaban J connectivity index is 1.82. The zero-order chi connectivity index (χ0) is 9.26. The topological polar surface area (TPSA) is 15.3 Å². The third kappa shape index (κ3) is 2.38. The Labute approximate surface area is 88.9 Å². The molecule has 0 aliphatic carbocycles. The van der Waals surface area contributed by atoms with E-state index in [-0.39, 0.29) is 0 Å². The van der Waals surface area contributed by atoms with Crippen LogP contribution in [0.1, 0.15) is 0 Å². The molecule has 0 amide bonds. The molecule has 2 unspecified atom stereocenters. The van der Waals surface area contributed by atoms with Crippen LogP contribution in [-0.4, -0.2) is 37.6 Å². The lowest BCUT2D eigenvalue weighted by Crippen LogP contribution is -2.25. The summed E-state index contributed by atoms with van der Waals surface area (Å²) in [7, 11) is 0. The normalized spacial score (nSPS) is 33.4. The van der Waals surface area contributed by atoms with E-state index in [9.17, 15) is 0 Å². The molecule has 2 nitrogen and oxygen atoms in total. The Bertz CT molecular complexity index is 202. The number of likely N-dealkylation sites (tertiary alicyclic amines) is 1. The van der Waals surface area contributed by atoms with Crippen molar-refractivity contribution >= 4 is 23.2 Å². The highest BCUT2D eigenvalue weighted by atomic mass is 35.5. The molecule has 0 spiro atoms. The maximum atomic E-state index is 5.56. The first-order valence-corrected chi connectivity index (χ1v) is 5.45. The van der Waals surface area contributed by atoms with Crippen molar-refractivity contribution in [2.45, 2.75) is 0 Å². The van der Waals surface area contributed by atoms with E-state index in [1.54, 1.807) is 0 Å². The average molecular weight is 221 g/mol. The van der Waals surface area contributed by atoms with Gasteiger partial charge in [-0.2, -0.15) is 0 Å². The zero-order valence-corrected chi connectivity index (χ0v) is 8.98. The van der Waals surface area contributed by atoms with Gasteiger partial charge in [0, 0.05) is 19.6 Å². The van der Waals surface area contributed by atoms with Crippen LogP contribution in [0.25, 0.3) is 0 Å². The molecule has 0 aromatic heterocycles. The molecule has 13 heavy (non-hydrogen) atoms. The summed E-state index contributed by atoms with van der Waals surface area (Å²) in [6.45, 7) is 5.64. The molecule has 4 heteroatoms. The van der Waals surface area contributed by atoms with E-state index in [4.69, 9.17) is 23.2 Å². The first-order chi connectivity index (χ1) is 6.25. The van der Waals surface area contributed by atoms with Crippen LogP contribution in [0.4, 0.5) is 0 Å². The maximum Gasteiger partial charge on any atom is 0.104 e. The van der Waals surface area contributed by atoms with E-state index in [1.807, 2.05) is 6.08 Å². The Morgan fingerprint density at radius 2 is 1.92 bits per heavy atom. The molecule has 2 rings (SSSR count). The third-order valence-electron chi connectivity index (χ3n) is 2.97. The fourth-order valence-corrected chi connectivity index (χ4v) is 2.44. The molecule has 2 atom stereocenters. The number of hydrogen-bond donors (Lipinski definition) is 1. The van der Waals surface area contributed by atoms with Gasteiger partial charge in [0.2, 0.25) is 0 Å². The summed E-state index contributed by atoms with van der Waals surface area (Å²) in [4.78, 5) is 2.42. The molecule has 0 aromatic rings. The molecule has 0 saturated carbocycles. The summed E-state index contributed by atoms with van der Waals surface area (Å²) in [5.41, 5.74) is 0. The van der Waals surface area contributed by atoms with E-state index >= 15 is 0 Å². The van der Waals surface area contributed by atoms with Gasteiger partial charge < -0.3 is 5.32 Å². The minimum absolute atomic E-state index is 0.384. The SMILES string of the molecule is ClC(Cl)=CCN1CC2CNCC2C1. The minimum atomic E-state index is 0.384. The molecule has 2 heterocycles. The highest BCUT2D eigenvalue weighted by Gasteiger charge is 2.35. The molecule has 0 radical (unpaired) electrons. The van der Waals surface area contributed by atoms with Gasteiger partial charge in [-0.1, -0.05) is 23.2 Å². The fourth-order valence-electron chi connectivity index (χ4n) is 2.30. The van der Waals surface area contributed by atoms with Crippen molar-refractivity contribution in [1.82, 2.24) is 10.2 Å². The summed E-state index contributed by atoms with van der Waals surface area (Å²) in [6.07, 6.45) is 1.87. The molecule has 2 aliphatic heterocycles. The number of rotatable bonds is 2. The average Bonchev–Trinajstić information content (AvgIpc) is 2.58. The number of nitrogens with zero attached hydrogens (tertiary/aromatic N) is 1. The lowest BCUT2D eigenvalue weighted by molar-refractivity contribution is 0.346. The summed E-state index contributed by atoms with van der Waals surface area (Å²) >= 11 is 11.1. The summed E-state index contributed by atoms with van der Waals surface area (Å²) < 4.78 is 0.384. The minimum Gasteiger partial charge on any atom is -0.316 e. The number of nitrogens with one attached hydrogen (secondary N) is 1. The predicted octanol–water partition coefficient (Wildman–Crippen LogP) is 1.46. The quantitative estimate of drug-likeness (QED) is 0.759. The van der Waals surface area contributed by atoms with Gasteiger partial charge >= 0.3 is 0 Å². The maximum absolute atomic E-state index is 5.56. The Morgan fingerprint density at radius 1 is 1.31 bits per heavy atom. The van der Waals surface area contributed by atoms with Crippen LogP contribution in [0.3, 0.4) is 0 Å². The van der Waals surface area contributed by atoms with Crippen LogP contribution in [0.15, 0.2) is 10.6 Å². The van der Waals surface area contributed by atoms with Crippen LogP contribution in [0.2, 0.25) is 0 Å². The van der Waals surface area contributed by atoms with Gasteiger partial charge in [0.15, 0.2) is 0 Å². The number of fused-ring (bicyclic) bond motifs is 1. The zero-order valence-electron chi connectivity index (χ0n) is 7.47. The Kier molecular flexibility index (Phi) is 3.14. The lowest BCUT2D eigenvalue weighted by Gasteiger charge is -2.13. The largest absolute Gasteiger partial charge is 0.316 e. The van der Waals surface area contributed by atoms with Crippen LogP contribution in [0, 0.1) is 11.8 Å². The Morgan fingerprint density at radius 3 is 2.46 bits per heavy atom. The van der Waals surface area contributed by atoms with E-state index in [0.29, 0.717) is 4.49 Å². The van der Waals surface area contributed by atoms with Gasteiger partial charge in [-0.15, -0.1) is 0 Å². The van der Waals surface area contributed by atoms with Crippen molar-refractivity contribution in [3.63, 3.8) is 0 Å². The highest BCUT2D eigenvalue weighted by molar-refractivity contribution is 6.55. The third-order valence-corrected chi connectivity index (χ3v) is 3.28. The monoisotopic (exact) mass is 220 g/mol. The second kappa shape index (κ2) is 4.18. The van der Waals surface area contributed by atoms with Crippen molar-refractivity contribution in [3.8, 4) is 0 Å². The van der Waals surface area contributed by atoms with Crippen molar-refractivity contribution in [1.29, 1.82) is 0 Å². The fraction of sp³-hybridized carbons (Fsp3) is 0.778. The lowest BCUT2D eigenvalue weighted by atomic mass is 10.0. The molecular formula is C9H14Cl2N2. The van der Waals surface area contributed by atoms with Gasteiger partial charge in [-0.25, -0.2) is 0 Å². The second-order valence-corrected chi connectivity index (χ2v) is 4.90. The smallest absolute Gasteiger partial charge is 0.104 e. The number of hydrogen-bond acceptors (Lipinski definition) is 2. The van der Waals surface area contributed by atoms with Crippen molar-refractivity contribution in [2.75, 3.05) is 32.7 Å². The van der Waals surface area contributed by atoms with Gasteiger partial charge in [-0.3, -0.25) is 4.90 Å². The van der Waals surface area contributed by atoms with Crippen LogP contribution >= 0.6 is 23.2 Å². The number of halogens is 2. The molecule has 2 fully saturated rings. The van der Waals surface area contributed by atoms with Crippen molar-refractivity contribution < 1.29 is 0 Å². The van der Waals surface area contributed by atoms with E-state index in [0.717, 1.165) is 18.4 Å². The molecule has 1 N–H and O–H groups in total. The Hall–Kier alpha value is 0.240. The highest BCUT2D eigenvalue weighted by Crippen LogP contribution is 2.26. The summed E-state index contributed by atoms with van der Waals surface area (Å²) in [5, 5.41) is 3.42. The van der Waals surface area contributed by atoms with Gasteiger partial charge in [0.1, 0.15) is 4.49 Å². The van der Waals surface area contributed by atoms with Gasteiger partial charge in [-0.05, 0) is 31.0 Å². The van der Waals surface area contributed by atoms with Gasteiger partial charge in [0.25, 0.3) is 0 Å². The summed E-state index contributed by atoms with van der Waals surface area (Å²) in [6, 6.07) is 0. The molecular weight excluding hydrogens is 207 g/mol. The van der Waals surface area contributed by atoms with Gasteiger partial charge in [0.05, 0.1) is 0 Å². The van der Waals surface area contributed by atoms with Crippen LogP contribution < -0.4 is 5.32 Å². The van der Waals surface area contributed by atoms with Crippen molar-refractivity contribution in [3.05, 3.63) is 10.6 Å². The molecule has 2 aliphatic rings. The first-order valence-electron chi connectivity index (χ1n) is 4.70. The van der Waals surface area contributed by atoms with Crippen LogP contribution in [-0.2, 0) is 0 Å². The second-order valence-electron chi connectivity index (χ2n) is 3.89. The molecule has 0 aromatic carbocycles. The van der Waals surface area contributed by atoms with E-state index in [2.05, 4.69) is 10.2 Å².